The van der Waals surface area contributed by atoms with Gasteiger partial charge in [0.2, 0.25) is 0 Å². The Labute approximate surface area is 197 Å². The maximum Gasteiger partial charge on any atom is 0.335 e. The zero-order chi connectivity index (χ0) is 24.7. The highest BCUT2D eigenvalue weighted by molar-refractivity contribution is 6.10. The summed E-state index contributed by atoms with van der Waals surface area (Å²) < 4.78 is 11.2. The summed E-state index contributed by atoms with van der Waals surface area (Å²) in [4.78, 5) is 23.6. The van der Waals surface area contributed by atoms with Gasteiger partial charge in [0.1, 0.15) is 18.2 Å². The van der Waals surface area contributed by atoms with Gasteiger partial charge in [-0.15, -0.1) is 0 Å². The minimum Gasteiger partial charge on any atom is -0.493 e. The Morgan fingerprint density at radius 2 is 1.79 bits per heavy atom. The van der Waals surface area contributed by atoms with Crippen LogP contribution < -0.4 is 14.8 Å². The SMILES string of the molecule is COc1cc(/C=C(\C#N)C(=O)Nc2cccc(C)c2C)ccc1OCc1ccc(C(=O)O)cc1. The van der Waals surface area contributed by atoms with Crippen molar-refractivity contribution in [2.24, 2.45) is 0 Å². The minimum absolute atomic E-state index is 0.0462. The number of benzene rings is 3. The molecule has 0 bridgehead atoms. The van der Waals surface area contributed by atoms with E-state index in [1.165, 1.54) is 25.3 Å². The quantitative estimate of drug-likeness (QED) is 0.359. The third kappa shape index (κ3) is 5.81. The van der Waals surface area contributed by atoms with Crippen molar-refractivity contribution in [2.45, 2.75) is 20.5 Å². The molecular formula is C27H24N2O5. The molecule has 0 saturated carbocycles. The van der Waals surface area contributed by atoms with Crippen LogP contribution in [-0.2, 0) is 11.4 Å². The van der Waals surface area contributed by atoms with Crippen LogP contribution in [0, 0.1) is 25.2 Å². The Hall–Kier alpha value is -4.57. The summed E-state index contributed by atoms with van der Waals surface area (Å²) in [6.45, 7) is 4.07. The number of carbonyl (C=O) groups is 2. The van der Waals surface area contributed by atoms with E-state index in [-0.39, 0.29) is 17.7 Å². The highest BCUT2D eigenvalue weighted by atomic mass is 16.5. The molecule has 0 radical (unpaired) electrons. The Morgan fingerprint density at radius 3 is 2.44 bits per heavy atom. The van der Waals surface area contributed by atoms with Crippen LogP contribution in [0.2, 0.25) is 0 Å². The largest absolute Gasteiger partial charge is 0.493 e. The Morgan fingerprint density at radius 1 is 1.06 bits per heavy atom. The summed E-state index contributed by atoms with van der Waals surface area (Å²) >= 11 is 0. The number of carbonyl (C=O) groups excluding carboxylic acids is 1. The topological polar surface area (TPSA) is 109 Å². The number of amides is 1. The van der Waals surface area contributed by atoms with Crippen LogP contribution in [0.15, 0.2) is 66.2 Å². The fourth-order valence-electron chi connectivity index (χ4n) is 3.19. The molecule has 0 aliphatic rings. The van der Waals surface area contributed by atoms with Gasteiger partial charge in [0.15, 0.2) is 11.5 Å². The monoisotopic (exact) mass is 456 g/mol. The second-order valence-corrected chi connectivity index (χ2v) is 7.57. The Kier molecular flexibility index (Phi) is 7.67. The molecule has 3 aromatic rings. The number of hydrogen-bond acceptors (Lipinski definition) is 5. The molecule has 0 aliphatic carbocycles. The molecule has 0 spiro atoms. The van der Waals surface area contributed by atoms with Gasteiger partial charge >= 0.3 is 5.97 Å². The first-order chi connectivity index (χ1) is 16.3. The highest BCUT2D eigenvalue weighted by Crippen LogP contribution is 2.30. The minimum atomic E-state index is -0.989. The standard InChI is InChI=1S/C27H24N2O5/c1-17-5-4-6-23(18(17)2)29-26(30)22(15-28)13-20-9-12-24(25(14-20)33-3)34-16-19-7-10-21(11-8-19)27(31)32/h4-14H,16H2,1-3H3,(H,29,30)(H,31,32)/b22-13+. The molecule has 1 amide bonds. The Balaban J connectivity index is 1.75. The number of nitriles is 1. The normalized spacial score (nSPS) is 10.8. The summed E-state index contributed by atoms with van der Waals surface area (Å²) in [5, 5.41) is 21.3. The molecule has 0 atom stereocenters. The first-order valence-corrected chi connectivity index (χ1v) is 10.4. The van der Waals surface area contributed by atoms with Gasteiger partial charge in [-0.1, -0.05) is 30.3 Å². The van der Waals surface area contributed by atoms with Crippen molar-refractivity contribution >= 4 is 23.6 Å². The van der Waals surface area contributed by atoms with Crippen molar-refractivity contribution in [3.05, 3.63) is 94.1 Å². The van der Waals surface area contributed by atoms with Gasteiger partial charge in [-0.05, 0) is 72.5 Å². The molecule has 0 aliphatic heterocycles. The summed E-state index contributed by atoms with van der Waals surface area (Å²) in [6.07, 6.45) is 1.48. The molecule has 0 heterocycles. The lowest BCUT2D eigenvalue weighted by Gasteiger charge is -2.12. The second kappa shape index (κ2) is 10.8. The zero-order valence-electron chi connectivity index (χ0n) is 19.1. The number of methoxy groups -OCH3 is 1. The summed E-state index contributed by atoms with van der Waals surface area (Å²) in [5.74, 6) is -0.582. The lowest BCUT2D eigenvalue weighted by Crippen LogP contribution is -2.14. The molecule has 34 heavy (non-hydrogen) atoms. The van der Waals surface area contributed by atoms with Crippen LogP contribution in [0.5, 0.6) is 11.5 Å². The number of aromatic carboxylic acids is 1. The van der Waals surface area contributed by atoms with Gasteiger partial charge in [-0.25, -0.2) is 4.79 Å². The Bertz CT molecular complexity index is 1290. The van der Waals surface area contributed by atoms with E-state index in [1.807, 2.05) is 32.0 Å². The first kappa shape index (κ1) is 24.1. The van der Waals surface area contributed by atoms with Crippen LogP contribution in [0.3, 0.4) is 0 Å². The van der Waals surface area contributed by atoms with E-state index in [1.54, 1.807) is 36.4 Å². The van der Waals surface area contributed by atoms with Crippen molar-refractivity contribution in [3.8, 4) is 17.6 Å². The van der Waals surface area contributed by atoms with Crippen molar-refractivity contribution in [1.82, 2.24) is 0 Å². The lowest BCUT2D eigenvalue weighted by atomic mass is 10.1. The predicted molar refractivity (Wildman–Crippen MR) is 129 cm³/mol. The summed E-state index contributed by atoms with van der Waals surface area (Å²) in [6, 6.07) is 19.0. The maximum absolute atomic E-state index is 12.7. The summed E-state index contributed by atoms with van der Waals surface area (Å²) in [7, 11) is 1.50. The first-order valence-electron chi connectivity index (χ1n) is 10.4. The third-order valence-electron chi connectivity index (χ3n) is 5.31. The molecule has 0 unspecified atom stereocenters. The molecule has 7 heteroatoms. The van der Waals surface area contributed by atoms with Gasteiger partial charge in [-0.2, -0.15) is 5.26 Å². The van der Waals surface area contributed by atoms with E-state index >= 15 is 0 Å². The number of carboxylic acids is 1. The van der Waals surface area contributed by atoms with Crippen molar-refractivity contribution in [3.63, 3.8) is 0 Å². The van der Waals surface area contributed by atoms with E-state index in [0.29, 0.717) is 22.7 Å². The molecule has 7 nitrogen and oxygen atoms in total. The van der Waals surface area contributed by atoms with Gasteiger partial charge in [-0.3, -0.25) is 4.79 Å². The number of carboxylic acid groups (broad SMARTS) is 1. The number of anilines is 1. The van der Waals surface area contributed by atoms with Crippen LogP contribution >= 0.6 is 0 Å². The third-order valence-corrected chi connectivity index (χ3v) is 5.31. The van der Waals surface area contributed by atoms with Gasteiger partial charge in [0.05, 0.1) is 12.7 Å². The number of nitrogens with zero attached hydrogens (tertiary/aromatic N) is 1. The molecule has 3 aromatic carbocycles. The predicted octanol–water partition coefficient (Wildman–Crippen LogP) is 5.13. The van der Waals surface area contributed by atoms with E-state index in [9.17, 15) is 14.9 Å². The number of hydrogen-bond donors (Lipinski definition) is 2. The maximum atomic E-state index is 12.7. The highest BCUT2D eigenvalue weighted by Gasteiger charge is 2.13. The van der Waals surface area contributed by atoms with Crippen LogP contribution in [0.4, 0.5) is 5.69 Å². The van der Waals surface area contributed by atoms with E-state index in [2.05, 4.69) is 5.32 Å². The molecule has 0 aromatic heterocycles. The molecule has 3 rings (SSSR count). The van der Waals surface area contributed by atoms with E-state index < -0.39 is 11.9 Å². The van der Waals surface area contributed by atoms with Crippen molar-refractivity contribution in [1.29, 1.82) is 5.26 Å². The molecule has 0 fully saturated rings. The average molecular weight is 456 g/mol. The summed E-state index contributed by atoms with van der Waals surface area (Å²) in [5.41, 5.74) is 4.19. The fourth-order valence-corrected chi connectivity index (χ4v) is 3.19. The lowest BCUT2D eigenvalue weighted by molar-refractivity contribution is -0.112. The van der Waals surface area contributed by atoms with Crippen molar-refractivity contribution < 1.29 is 24.2 Å². The van der Waals surface area contributed by atoms with Gasteiger partial charge in [0, 0.05) is 5.69 Å². The van der Waals surface area contributed by atoms with Crippen molar-refractivity contribution in [2.75, 3.05) is 12.4 Å². The van der Waals surface area contributed by atoms with Gasteiger partial charge in [0.25, 0.3) is 5.91 Å². The molecular weight excluding hydrogens is 432 g/mol. The fraction of sp³-hybridized carbons (Fsp3) is 0.148. The number of ether oxygens (including phenoxy) is 2. The number of aryl methyl sites for hydroxylation is 1. The molecule has 2 N–H and O–H groups in total. The number of rotatable bonds is 8. The molecule has 0 saturated heterocycles. The second-order valence-electron chi connectivity index (χ2n) is 7.57. The van der Waals surface area contributed by atoms with Crippen LogP contribution in [0.25, 0.3) is 6.08 Å². The van der Waals surface area contributed by atoms with E-state index in [4.69, 9.17) is 14.6 Å². The molecule has 172 valence electrons. The van der Waals surface area contributed by atoms with Crippen LogP contribution in [-0.4, -0.2) is 24.1 Å². The number of nitrogens with one attached hydrogen (secondary N) is 1. The van der Waals surface area contributed by atoms with Gasteiger partial charge < -0.3 is 19.9 Å². The van der Waals surface area contributed by atoms with Crippen LogP contribution in [0.1, 0.15) is 32.6 Å². The smallest absolute Gasteiger partial charge is 0.335 e. The average Bonchev–Trinajstić information content (AvgIpc) is 2.84. The zero-order valence-corrected chi connectivity index (χ0v) is 19.1. The van der Waals surface area contributed by atoms with E-state index in [0.717, 1.165) is 16.7 Å².